The first-order chi connectivity index (χ1) is 9.56. The molecule has 1 aliphatic heterocycles. The van der Waals surface area contributed by atoms with Gasteiger partial charge in [0, 0.05) is 12.8 Å². The zero-order valence-electron chi connectivity index (χ0n) is 11.8. The van der Waals surface area contributed by atoms with E-state index in [4.69, 9.17) is 0 Å². The monoisotopic (exact) mass is 341 g/mol. The number of hydrogen-bond acceptors (Lipinski definition) is 2. The second kappa shape index (κ2) is 7.32. The van der Waals surface area contributed by atoms with Gasteiger partial charge in [-0.15, -0.1) is 0 Å². The van der Waals surface area contributed by atoms with Gasteiger partial charge in [0.1, 0.15) is 11.6 Å². The summed E-state index contributed by atoms with van der Waals surface area (Å²) >= 11 is 3.15. The standard InChI is InChI=1S/C16H21BrFNO/c1-11(13-3-2-6-19-10-13)7-14(20)8-12-4-5-16(18)15(17)9-12/h4-5,9,11,13,19H,2-3,6-8,10H2,1H3. The molecule has 0 spiro atoms. The van der Waals surface area contributed by atoms with Crippen molar-refractivity contribution in [2.45, 2.75) is 32.6 Å². The lowest BCUT2D eigenvalue weighted by molar-refractivity contribution is -0.119. The van der Waals surface area contributed by atoms with E-state index in [9.17, 15) is 9.18 Å². The van der Waals surface area contributed by atoms with Crippen molar-refractivity contribution < 1.29 is 9.18 Å². The molecule has 0 saturated carbocycles. The summed E-state index contributed by atoms with van der Waals surface area (Å²) in [5.41, 5.74) is 0.872. The van der Waals surface area contributed by atoms with Crippen LogP contribution in [0.25, 0.3) is 0 Å². The number of carbonyl (C=O) groups excluding carboxylic acids is 1. The summed E-state index contributed by atoms with van der Waals surface area (Å²) < 4.78 is 13.6. The van der Waals surface area contributed by atoms with Crippen LogP contribution in [0.2, 0.25) is 0 Å². The van der Waals surface area contributed by atoms with E-state index < -0.39 is 0 Å². The van der Waals surface area contributed by atoms with Gasteiger partial charge in [0.2, 0.25) is 0 Å². The highest BCUT2D eigenvalue weighted by Crippen LogP contribution is 2.24. The van der Waals surface area contributed by atoms with Gasteiger partial charge in [0.15, 0.2) is 0 Å². The van der Waals surface area contributed by atoms with Crippen LogP contribution < -0.4 is 5.32 Å². The Bertz CT molecular complexity index is 472. The predicted octanol–water partition coefficient (Wildman–Crippen LogP) is 3.73. The molecule has 1 heterocycles. The molecule has 2 rings (SSSR count). The van der Waals surface area contributed by atoms with Gasteiger partial charge in [0.05, 0.1) is 4.47 Å². The molecule has 2 atom stereocenters. The van der Waals surface area contributed by atoms with Crippen LogP contribution >= 0.6 is 15.9 Å². The minimum atomic E-state index is -0.289. The van der Waals surface area contributed by atoms with Crippen LogP contribution in [-0.2, 0) is 11.2 Å². The number of carbonyl (C=O) groups is 1. The number of halogens is 2. The summed E-state index contributed by atoms with van der Waals surface area (Å²) in [4.78, 5) is 12.1. The van der Waals surface area contributed by atoms with E-state index >= 15 is 0 Å². The zero-order chi connectivity index (χ0) is 14.5. The molecular weight excluding hydrogens is 321 g/mol. The first-order valence-corrected chi connectivity index (χ1v) is 8.02. The van der Waals surface area contributed by atoms with Gasteiger partial charge in [0.25, 0.3) is 0 Å². The topological polar surface area (TPSA) is 29.1 Å². The van der Waals surface area contributed by atoms with Crippen LogP contribution in [0.5, 0.6) is 0 Å². The largest absolute Gasteiger partial charge is 0.316 e. The van der Waals surface area contributed by atoms with Crippen molar-refractivity contribution in [1.29, 1.82) is 0 Å². The molecule has 1 saturated heterocycles. The van der Waals surface area contributed by atoms with Crippen molar-refractivity contribution >= 4 is 21.7 Å². The molecule has 4 heteroatoms. The summed E-state index contributed by atoms with van der Waals surface area (Å²) in [6, 6.07) is 4.78. The van der Waals surface area contributed by atoms with E-state index in [2.05, 4.69) is 28.2 Å². The van der Waals surface area contributed by atoms with E-state index in [1.54, 1.807) is 12.1 Å². The molecule has 0 amide bonds. The van der Waals surface area contributed by atoms with Crippen LogP contribution in [0.4, 0.5) is 4.39 Å². The molecule has 0 aromatic heterocycles. The minimum Gasteiger partial charge on any atom is -0.316 e. The van der Waals surface area contributed by atoms with E-state index in [1.165, 1.54) is 18.9 Å². The van der Waals surface area contributed by atoms with Crippen molar-refractivity contribution in [2.24, 2.45) is 11.8 Å². The average molecular weight is 342 g/mol. The van der Waals surface area contributed by atoms with Gasteiger partial charge in [-0.3, -0.25) is 4.79 Å². The number of ketones is 1. The van der Waals surface area contributed by atoms with Gasteiger partial charge < -0.3 is 5.32 Å². The number of Topliss-reactive ketones (excluding diaryl/α,β-unsaturated/α-hetero) is 1. The Morgan fingerprint density at radius 1 is 1.55 bits per heavy atom. The highest BCUT2D eigenvalue weighted by Gasteiger charge is 2.22. The molecule has 0 aliphatic carbocycles. The van der Waals surface area contributed by atoms with Crippen LogP contribution in [0, 0.1) is 17.7 Å². The number of hydrogen-bond donors (Lipinski definition) is 1. The SMILES string of the molecule is CC(CC(=O)Cc1ccc(F)c(Br)c1)C1CCCNC1. The quantitative estimate of drug-likeness (QED) is 0.884. The van der Waals surface area contributed by atoms with Gasteiger partial charge in [-0.25, -0.2) is 4.39 Å². The summed E-state index contributed by atoms with van der Waals surface area (Å²) in [6.45, 7) is 4.29. The summed E-state index contributed by atoms with van der Waals surface area (Å²) in [6.07, 6.45) is 3.42. The van der Waals surface area contributed by atoms with E-state index in [0.29, 0.717) is 29.2 Å². The molecular formula is C16H21BrFNO. The molecule has 1 aromatic rings. The molecule has 2 unspecified atom stereocenters. The summed E-state index contributed by atoms with van der Waals surface area (Å²) in [5.74, 6) is 0.969. The van der Waals surface area contributed by atoms with Crippen molar-refractivity contribution in [1.82, 2.24) is 5.32 Å². The lowest BCUT2D eigenvalue weighted by Gasteiger charge is -2.28. The maximum Gasteiger partial charge on any atom is 0.137 e. The number of benzene rings is 1. The third-order valence-corrected chi connectivity index (χ3v) is 4.68. The molecule has 1 fully saturated rings. The summed E-state index contributed by atoms with van der Waals surface area (Å²) in [5, 5.41) is 3.39. The molecule has 0 bridgehead atoms. The highest BCUT2D eigenvalue weighted by atomic mass is 79.9. The Labute approximate surface area is 128 Å². The number of nitrogens with one attached hydrogen (secondary N) is 1. The Balaban J connectivity index is 1.86. The van der Waals surface area contributed by atoms with Crippen LogP contribution in [0.15, 0.2) is 22.7 Å². The molecule has 1 aliphatic rings. The molecule has 0 radical (unpaired) electrons. The Kier molecular flexibility index (Phi) is 5.73. The molecule has 1 N–H and O–H groups in total. The predicted molar refractivity (Wildman–Crippen MR) is 82.2 cm³/mol. The first kappa shape index (κ1) is 15.6. The van der Waals surface area contributed by atoms with Gasteiger partial charge in [-0.05, 0) is 71.4 Å². The molecule has 1 aromatic carbocycles. The van der Waals surface area contributed by atoms with Crippen molar-refractivity contribution in [3.05, 3.63) is 34.1 Å². The normalized spacial score (nSPS) is 20.6. The lowest BCUT2D eigenvalue weighted by Crippen LogP contribution is -2.34. The van der Waals surface area contributed by atoms with E-state index in [1.807, 2.05) is 0 Å². The molecule has 2 nitrogen and oxygen atoms in total. The fourth-order valence-electron chi connectivity index (χ4n) is 2.84. The van der Waals surface area contributed by atoms with Gasteiger partial charge in [-0.2, -0.15) is 0 Å². The first-order valence-electron chi connectivity index (χ1n) is 7.22. The van der Waals surface area contributed by atoms with Crippen molar-refractivity contribution in [3.8, 4) is 0 Å². The van der Waals surface area contributed by atoms with Crippen molar-refractivity contribution in [3.63, 3.8) is 0 Å². The Hall–Kier alpha value is -0.740. The average Bonchev–Trinajstić information content (AvgIpc) is 2.44. The second-order valence-electron chi connectivity index (χ2n) is 5.75. The minimum absolute atomic E-state index is 0.238. The third-order valence-electron chi connectivity index (χ3n) is 4.07. The summed E-state index contributed by atoms with van der Waals surface area (Å²) in [7, 11) is 0. The Morgan fingerprint density at radius 3 is 3.00 bits per heavy atom. The fraction of sp³-hybridized carbons (Fsp3) is 0.562. The maximum atomic E-state index is 13.2. The van der Waals surface area contributed by atoms with Gasteiger partial charge in [-0.1, -0.05) is 13.0 Å². The molecule has 20 heavy (non-hydrogen) atoms. The molecule has 110 valence electrons. The van der Waals surface area contributed by atoms with Gasteiger partial charge >= 0.3 is 0 Å². The van der Waals surface area contributed by atoms with Crippen LogP contribution in [0.3, 0.4) is 0 Å². The van der Waals surface area contributed by atoms with Crippen LogP contribution in [-0.4, -0.2) is 18.9 Å². The smallest absolute Gasteiger partial charge is 0.137 e. The third kappa shape index (κ3) is 4.38. The van der Waals surface area contributed by atoms with Crippen molar-refractivity contribution in [2.75, 3.05) is 13.1 Å². The fourth-order valence-corrected chi connectivity index (χ4v) is 3.27. The lowest BCUT2D eigenvalue weighted by atomic mass is 9.84. The Morgan fingerprint density at radius 2 is 2.35 bits per heavy atom. The highest BCUT2D eigenvalue weighted by molar-refractivity contribution is 9.10. The van der Waals surface area contributed by atoms with E-state index in [0.717, 1.165) is 18.7 Å². The maximum absolute atomic E-state index is 13.2. The van der Waals surface area contributed by atoms with Crippen LogP contribution in [0.1, 0.15) is 31.7 Å². The second-order valence-corrected chi connectivity index (χ2v) is 6.61. The van der Waals surface area contributed by atoms with E-state index in [-0.39, 0.29) is 11.6 Å². The number of rotatable bonds is 5. The number of piperidine rings is 1. The zero-order valence-corrected chi connectivity index (χ0v) is 13.4.